The van der Waals surface area contributed by atoms with Crippen LogP contribution in [0.25, 0.3) is 0 Å². The minimum Gasteiger partial charge on any atom is -0.394 e. The number of nitrogens with one attached hydrogen (secondary N) is 2. The lowest BCUT2D eigenvalue weighted by atomic mass is 9.91. The summed E-state index contributed by atoms with van der Waals surface area (Å²) in [6.07, 6.45) is 1.47. The maximum Gasteiger partial charge on any atom is 0.244 e. The van der Waals surface area contributed by atoms with Crippen molar-refractivity contribution in [3.8, 4) is 0 Å². The molecule has 1 aliphatic rings. The maximum absolute atomic E-state index is 9.39. The van der Waals surface area contributed by atoms with Crippen molar-refractivity contribution < 1.29 is 9.84 Å². The SMILES string of the molecule is Nc1nc(NC2(CO)CCOCC2)n[nH]1. The Hall–Kier alpha value is -1.34. The van der Waals surface area contributed by atoms with Gasteiger partial charge in [-0.15, -0.1) is 5.10 Å². The Balaban J connectivity index is 2.06. The van der Waals surface area contributed by atoms with Crippen molar-refractivity contribution in [2.24, 2.45) is 0 Å². The van der Waals surface area contributed by atoms with Crippen LogP contribution in [0.2, 0.25) is 0 Å². The topological polar surface area (TPSA) is 109 Å². The molecule has 0 amide bonds. The van der Waals surface area contributed by atoms with Crippen molar-refractivity contribution in [1.82, 2.24) is 15.2 Å². The van der Waals surface area contributed by atoms with E-state index in [2.05, 4.69) is 20.5 Å². The van der Waals surface area contributed by atoms with Crippen LogP contribution in [0.5, 0.6) is 0 Å². The van der Waals surface area contributed by atoms with Crippen LogP contribution in [-0.4, -0.2) is 45.6 Å². The molecule has 84 valence electrons. The van der Waals surface area contributed by atoms with Crippen LogP contribution in [0.3, 0.4) is 0 Å². The number of hydrogen-bond donors (Lipinski definition) is 4. The standard InChI is InChI=1S/C8H15N5O2/c9-6-10-7(13-12-6)11-8(5-14)1-3-15-4-2-8/h14H,1-5H2,(H4,9,10,11,12,13). The third-order valence-electron chi connectivity index (χ3n) is 2.63. The summed E-state index contributed by atoms with van der Waals surface area (Å²) in [5.74, 6) is 0.682. The highest BCUT2D eigenvalue weighted by atomic mass is 16.5. The Kier molecular flexibility index (Phi) is 2.74. The number of nitrogen functional groups attached to an aromatic ring is 1. The molecule has 0 saturated carbocycles. The fourth-order valence-electron chi connectivity index (χ4n) is 1.65. The number of anilines is 2. The minimum absolute atomic E-state index is 0.0325. The molecule has 1 aromatic rings. The van der Waals surface area contributed by atoms with E-state index in [9.17, 15) is 5.11 Å². The highest BCUT2D eigenvalue weighted by Crippen LogP contribution is 2.23. The number of hydrogen-bond acceptors (Lipinski definition) is 6. The minimum atomic E-state index is -0.382. The van der Waals surface area contributed by atoms with Gasteiger partial charge in [0.25, 0.3) is 0 Å². The van der Waals surface area contributed by atoms with Crippen LogP contribution in [0, 0.1) is 0 Å². The van der Waals surface area contributed by atoms with Gasteiger partial charge < -0.3 is 20.9 Å². The van der Waals surface area contributed by atoms with E-state index < -0.39 is 0 Å². The van der Waals surface area contributed by atoms with Gasteiger partial charge in [0.2, 0.25) is 11.9 Å². The molecule has 0 spiro atoms. The Morgan fingerprint density at radius 2 is 2.27 bits per heavy atom. The molecule has 0 radical (unpaired) electrons. The van der Waals surface area contributed by atoms with Crippen LogP contribution >= 0.6 is 0 Å². The summed E-state index contributed by atoms with van der Waals surface area (Å²) in [5, 5.41) is 18.9. The highest BCUT2D eigenvalue weighted by Gasteiger charge is 2.32. The Morgan fingerprint density at radius 1 is 1.53 bits per heavy atom. The lowest BCUT2D eigenvalue weighted by Crippen LogP contribution is -2.47. The molecule has 1 aromatic heterocycles. The van der Waals surface area contributed by atoms with Crippen LogP contribution in [-0.2, 0) is 4.74 Å². The molecule has 2 heterocycles. The first kappa shape index (κ1) is 10.2. The predicted molar refractivity (Wildman–Crippen MR) is 54.3 cm³/mol. The molecule has 5 N–H and O–H groups in total. The van der Waals surface area contributed by atoms with Gasteiger partial charge in [0.05, 0.1) is 12.1 Å². The number of aliphatic hydroxyl groups excluding tert-OH is 1. The van der Waals surface area contributed by atoms with Gasteiger partial charge in [0.15, 0.2) is 0 Å². The average molecular weight is 213 g/mol. The number of aliphatic hydroxyl groups is 1. The first-order chi connectivity index (χ1) is 7.24. The molecular weight excluding hydrogens is 198 g/mol. The Morgan fingerprint density at radius 3 is 2.80 bits per heavy atom. The van der Waals surface area contributed by atoms with Gasteiger partial charge in [-0.25, -0.2) is 5.10 Å². The lowest BCUT2D eigenvalue weighted by molar-refractivity contribution is 0.0377. The van der Waals surface area contributed by atoms with Gasteiger partial charge in [-0.05, 0) is 12.8 Å². The first-order valence-corrected chi connectivity index (χ1v) is 4.89. The summed E-state index contributed by atoms with van der Waals surface area (Å²) in [5.41, 5.74) is 5.03. The molecule has 1 saturated heterocycles. The number of nitrogens with two attached hydrogens (primary N) is 1. The molecule has 2 rings (SSSR count). The van der Waals surface area contributed by atoms with Crippen LogP contribution in [0.15, 0.2) is 0 Å². The number of rotatable bonds is 3. The van der Waals surface area contributed by atoms with E-state index in [-0.39, 0.29) is 18.1 Å². The van der Waals surface area contributed by atoms with Crippen LogP contribution in [0.4, 0.5) is 11.9 Å². The van der Waals surface area contributed by atoms with Gasteiger partial charge in [-0.2, -0.15) is 4.98 Å². The second-order valence-electron chi connectivity index (χ2n) is 3.72. The average Bonchev–Trinajstić information content (AvgIpc) is 2.65. The second kappa shape index (κ2) is 4.03. The van der Waals surface area contributed by atoms with E-state index in [1.807, 2.05) is 0 Å². The van der Waals surface area contributed by atoms with Crippen molar-refractivity contribution in [3.63, 3.8) is 0 Å². The van der Waals surface area contributed by atoms with E-state index in [0.717, 1.165) is 12.8 Å². The molecule has 0 bridgehead atoms. The van der Waals surface area contributed by atoms with Gasteiger partial charge in [-0.3, -0.25) is 0 Å². The molecule has 1 fully saturated rings. The smallest absolute Gasteiger partial charge is 0.244 e. The van der Waals surface area contributed by atoms with Crippen molar-refractivity contribution in [2.45, 2.75) is 18.4 Å². The fourth-order valence-corrected chi connectivity index (χ4v) is 1.65. The van der Waals surface area contributed by atoms with E-state index in [4.69, 9.17) is 10.5 Å². The van der Waals surface area contributed by atoms with E-state index in [0.29, 0.717) is 19.2 Å². The van der Waals surface area contributed by atoms with E-state index in [1.165, 1.54) is 0 Å². The third kappa shape index (κ3) is 2.18. The number of aromatic amines is 1. The van der Waals surface area contributed by atoms with Crippen molar-refractivity contribution in [3.05, 3.63) is 0 Å². The van der Waals surface area contributed by atoms with Crippen molar-refractivity contribution in [1.29, 1.82) is 0 Å². The normalized spacial score (nSPS) is 20.1. The maximum atomic E-state index is 9.39. The van der Waals surface area contributed by atoms with Crippen LogP contribution < -0.4 is 11.1 Å². The van der Waals surface area contributed by atoms with E-state index >= 15 is 0 Å². The molecule has 0 atom stereocenters. The number of aromatic nitrogens is 3. The fraction of sp³-hybridized carbons (Fsp3) is 0.750. The third-order valence-corrected chi connectivity index (χ3v) is 2.63. The summed E-state index contributed by atoms with van der Waals surface area (Å²) >= 11 is 0. The molecule has 1 aliphatic heterocycles. The summed E-state index contributed by atoms with van der Waals surface area (Å²) in [7, 11) is 0. The van der Waals surface area contributed by atoms with Gasteiger partial charge in [0.1, 0.15) is 0 Å². The molecule has 15 heavy (non-hydrogen) atoms. The lowest BCUT2D eigenvalue weighted by Gasteiger charge is -2.35. The number of H-pyrrole nitrogens is 1. The highest BCUT2D eigenvalue weighted by molar-refractivity contribution is 5.33. The zero-order chi connectivity index (χ0) is 10.7. The number of nitrogens with zero attached hydrogens (tertiary/aromatic N) is 2. The summed E-state index contributed by atoms with van der Waals surface area (Å²) in [4.78, 5) is 3.95. The Bertz CT molecular complexity index is 321. The van der Waals surface area contributed by atoms with Gasteiger partial charge >= 0.3 is 0 Å². The molecule has 0 unspecified atom stereocenters. The number of ether oxygens (including phenoxy) is 1. The van der Waals surface area contributed by atoms with Crippen LogP contribution in [0.1, 0.15) is 12.8 Å². The van der Waals surface area contributed by atoms with Gasteiger partial charge in [-0.1, -0.05) is 0 Å². The molecule has 0 aliphatic carbocycles. The second-order valence-corrected chi connectivity index (χ2v) is 3.72. The van der Waals surface area contributed by atoms with E-state index in [1.54, 1.807) is 0 Å². The summed E-state index contributed by atoms with van der Waals surface area (Å²) in [6.45, 7) is 1.30. The first-order valence-electron chi connectivity index (χ1n) is 4.89. The monoisotopic (exact) mass is 213 g/mol. The molecule has 0 aromatic carbocycles. The largest absolute Gasteiger partial charge is 0.394 e. The zero-order valence-electron chi connectivity index (χ0n) is 8.36. The van der Waals surface area contributed by atoms with Crippen molar-refractivity contribution in [2.75, 3.05) is 30.9 Å². The summed E-state index contributed by atoms with van der Waals surface area (Å²) < 4.78 is 5.25. The predicted octanol–water partition coefficient (Wildman–Crippen LogP) is -0.660. The quantitative estimate of drug-likeness (QED) is 0.530. The molecule has 7 heteroatoms. The van der Waals surface area contributed by atoms with Gasteiger partial charge in [0, 0.05) is 13.2 Å². The molecule has 7 nitrogen and oxygen atoms in total. The molecular formula is C8H15N5O2. The zero-order valence-corrected chi connectivity index (χ0v) is 8.36. The Labute approximate surface area is 87.0 Å². The summed E-state index contributed by atoms with van der Waals surface area (Å²) in [6, 6.07) is 0. The van der Waals surface area contributed by atoms with Crippen molar-refractivity contribution >= 4 is 11.9 Å².